The van der Waals surface area contributed by atoms with Gasteiger partial charge >= 0.3 is 0 Å². The highest BCUT2D eigenvalue weighted by molar-refractivity contribution is 7.89. The van der Waals surface area contributed by atoms with E-state index in [1.807, 2.05) is 97.9 Å². The molecule has 0 atom stereocenters. The molecule has 44 heavy (non-hydrogen) atoms. The number of ether oxygens (including phenoxy) is 2. The van der Waals surface area contributed by atoms with Gasteiger partial charge in [-0.15, -0.1) is 0 Å². The lowest BCUT2D eigenvalue weighted by molar-refractivity contribution is 0.302. The van der Waals surface area contributed by atoms with Crippen molar-refractivity contribution in [2.24, 2.45) is 5.14 Å². The van der Waals surface area contributed by atoms with Gasteiger partial charge in [-0.2, -0.15) is 0 Å². The van der Waals surface area contributed by atoms with E-state index in [2.05, 4.69) is 24.3 Å². The van der Waals surface area contributed by atoms with Gasteiger partial charge in [0.25, 0.3) is 10.0 Å². The molecule has 0 fully saturated rings. The first-order valence-corrected chi connectivity index (χ1v) is 15.5. The maximum Gasteiger partial charge on any atom is 0.271 e. The fourth-order valence-electron chi connectivity index (χ4n) is 4.40. The topological polar surface area (TPSA) is 105 Å². The van der Waals surface area contributed by atoms with Gasteiger partial charge in [-0.1, -0.05) is 84.9 Å². The van der Waals surface area contributed by atoms with Crippen LogP contribution in [0.1, 0.15) is 22.6 Å². The number of furan rings is 2. The van der Waals surface area contributed by atoms with Crippen molar-refractivity contribution >= 4 is 10.0 Å². The molecule has 0 saturated carbocycles. The summed E-state index contributed by atoms with van der Waals surface area (Å²) >= 11 is 0. The Labute approximate surface area is 257 Å². The van der Waals surface area contributed by atoms with Gasteiger partial charge in [0.1, 0.15) is 36.2 Å². The first-order valence-electron chi connectivity index (χ1n) is 14.0. The van der Waals surface area contributed by atoms with E-state index in [1.165, 1.54) is 17.2 Å². The van der Waals surface area contributed by atoms with E-state index in [-0.39, 0.29) is 11.7 Å². The number of benzene rings is 4. The molecule has 0 bridgehead atoms. The zero-order valence-corrected chi connectivity index (χ0v) is 25.3. The number of rotatable bonds is 9. The minimum absolute atomic E-state index is 0.204. The predicted molar refractivity (Wildman–Crippen MR) is 171 cm³/mol. The molecule has 0 spiro atoms. The molecule has 0 radical (unpaired) electrons. The predicted octanol–water partition coefficient (Wildman–Crippen LogP) is 8.32. The Morgan fingerprint density at radius 3 is 1.45 bits per heavy atom. The lowest BCUT2D eigenvalue weighted by Crippen LogP contribution is -2.10. The fraction of sp³-hybridized carbons (Fsp3) is 0.111. The van der Waals surface area contributed by atoms with Crippen LogP contribution in [-0.4, -0.2) is 8.42 Å². The Bertz CT molecular complexity index is 1880. The highest BCUT2D eigenvalue weighted by atomic mass is 32.2. The van der Waals surface area contributed by atoms with Gasteiger partial charge in [0.2, 0.25) is 5.09 Å². The lowest BCUT2D eigenvalue weighted by Gasteiger charge is -2.07. The van der Waals surface area contributed by atoms with Crippen molar-refractivity contribution in [3.05, 3.63) is 150 Å². The van der Waals surface area contributed by atoms with Crippen molar-refractivity contribution in [3.63, 3.8) is 0 Å². The van der Waals surface area contributed by atoms with Crippen LogP contribution in [-0.2, 0) is 23.2 Å². The molecule has 2 N–H and O–H groups in total. The van der Waals surface area contributed by atoms with Crippen LogP contribution in [0.25, 0.3) is 22.3 Å². The van der Waals surface area contributed by atoms with Crippen LogP contribution in [0.2, 0.25) is 0 Å². The van der Waals surface area contributed by atoms with E-state index in [9.17, 15) is 8.42 Å². The van der Waals surface area contributed by atoms with Gasteiger partial charge in [0, 0.05) is 17.2 Å². The molecule has 4 aromatic carbocycles. The summed E-state index contributed by atoms with van der Waals surface area (Å²) in [5, 5.41) is 4.80. The zero-order chi connectivity index (χ0) is 30.9. The smallest absolute Gasteiger partial charge is 0.271 e. The first-order chi connectivity index (χ1) is 21.3. The molecule has 0 saturated heterocycles. The van der Waals surface area contributed by atoms with Crippen molar-refractivity contribution < 1.29 is 26.7 Å². The maximum absolute atomic E-state index is 11.3. The minimum Gasteiger partial charge on any atom is -0.489 e. The minimum atomic E-state index is -3.85. The van der Waals surface area contributed by atoms with E-state index < -0.39 is 10.0 Å². The summed E-state index contributed by atoms with van der Waals surface area (Å²) in [7, 11) is -3.85. The Hall–Kier alpha value is -5.05. The van der Waals surface area contributed by atoms with Crippen LogP contribution >= 0.6 is 0 Å². The van der Waals surface area contributed by atoms with Crippen molar-refractivity contribution in [2.75, 3.05) is 0 Å². The van der Waals surface area contributed by atoms with Crippen LogP contribution < -0.4 is 14.6 Å². The lowest BCUT2D eigenvalue weighted by atomic mass is 10.1. The summed E-state index contributed by atoms with van der Waals surface area (Å²) in [5.41, 5.74) is 6.36. The summed E-state index contributed by atoms with van der Waals surface area (Å²) in [5.74, 6) is 2.93. The molecule has 6 aromatic rings. The molecule has 8 heteroatoms. The van der Waals surface area contributed by atoms with Crippen LogP contribution in [0.3, 0.4) is 0 Å². The number of primary sulfonamides is 1. The van der Waals surface area contributed by atoms with E-state index in [4.69, 9.17) is 23.4 Å². The van der Waals surface area contributed by atoms with Gasteiger partial charge in [-0.25, -0.2) is 13.6 Å². The number of aryl methyl sites for hydroxylation is 2. The second-order valence-electron chi connectivity index (χ2n) is 10.1. The molecule has 6 rings (SSSR count). The van der Waals surface area contributed by atoms with Crippen LogP contribution in [0.5, 0.6) is 11.5 Å². The van der Waals surface area contributed by atoms with Crippen LogP contribution in [0, 0.1) is 13.8 Å². The number of nitrogens with two attached hydrogens (primary N) is 1. The van der Waals surface area contributed by atoms with Gasteiger partial charge in [0.15, 0.2) is 0 Å². The first kappa shape index (κ1) is 30.4. The summed E-state index contributed by atoms with van der Waals surface area (Å²) in [6, 6.07) is 39.5. The van der Waals surface area contributed by atoms with Crippen molar-refractivity contribution in [1.29, 1.82) is 0 Å². The molecular weight excluding hydrogens is 574 g/mol. The molecule has 224 valence electrons. The summed E-state index contributed by atoms with van der Waals surface area (Å²) in [4.78, 5) is 0. The van der Waals surface area contributed by atoms with Crippen LogP contribution in [0.15, 0.2) is 142 Å². The SMILES string of the molecule is Cc1oc(S(N)(=O)=O)cc1COc1ccc(-c2ccccc2)cc1.Cc1occc1COc1ccc(-c2ccccc2)cc1. The van der Waals surface area contributed by atoms with E-state index in [1.54, 1.807) is 13.2 Å². The Morgan fingerprint density at radius 1 is 0.591 bits per heavy atom. The molecule has 2 aromatic heterocycles. The number of hydrogen-bond donors (Lipinski definition) is 1. The standard InChI is InChI=1S/C18H17NO4S.C18H16O2/c1-13-16(11-18(23-13)24(19,20)21)12-22-17-9-7-15(8-10-17)14-5-3-2-4-6-14;1-14-17(11-12-19-14)13-20-18-9-7-16(8-10-18)15-5-3-2-4-6-15/h2-11H,12H2,1H3,(H2,19,20,21);2-12H,13H2,1H3. The number of hydrogen-bond acceptors (Lipinski definition) is 6. The molecule has 0 aliphatic heterocycles. The molecule has 0 aliphatic carbocycles. The monoisotopic (exact) mass is 607 g/mol. The van der Waals surface area contributed by atoms with Crippen molar-refractivity contribution in [1.82, 2.24) is 0 Å². The van der Waals surface area contributed by atoms with Gasteiger partial charge < -0.3 is 18.3 Å². The summed E-state index contributed by atoms with van der Waals surface area (Å²) in [6.07, 6.45) is 1.69. The number of sulfonamides is 1. The molecule has 2 heterocycles. The quantitative estimate of drug-likeness (QED) is 0.177. The average molecular weight is 608 g/mol. The van der Waals surface area contributed by atoms with Gasteiger partial charge in [0.05, 0.1) is 6.26 Å². The summed E-state index contributed by atoms with van der Waals surface area (Å²) < 4.78 is 44.4. The largest absolute Gasteiger partial charge is 0.489 e. The third kappa shape index (κ3) is 8.06. The summed E-state index contributed by atoms with van der Waals surface area (Å²) in [6.45, 7) is 4.35. The van der Waals surface area contributed by atoms with E-state index in [0.29, 0.717) is 23.7 Å². The van der Waals surface area contributed by atoms with Crippen LogP contribution in [0.4, 0.5) is 0 Å². The molecular formula is C36H33NO6S. The van der Waals surface area contributed by atoms with Gasteiger partial charge in [-0.3, -0.25) is 0 Å². The molecule has 0 unspecified atom stereocenters. The van der Waals surface area contributed by atoms with Crippen molar-refractivity contribution in [2.45, 2.75) is 32.2 Å². The highest BCUT2D eigenvalue weighted by Crippen LogP contribution is 2.25. The Kier molecular flexibility index (Phi) is 9.64. The van der Waals surface area contributed by atoms with E-state index in [0.717, 1.165) is 28.2 Å². The zero-order valence-electron chi connectivity index (χ0n) is 24.5. The fourth-order valence-corrected chi connectivity index (χ4v) is 4.95. The Morgan fingerprint density at radius 2 is 1.05 bits per heavy atom. The Balaban J connectivity index is 0.000000177. The molecule has 0 aliphatic rings. The molecule has 0 amide bonds. The highest BCUT2D eigenvalue weighted by Gasteiger charge is 2.17. The second-order valence-corrected chi connectivity index (χ2v) is 11.5. The second kappa shape index (κ2) is 13.9. The van der Waals surface area contributed by atoms with Crippen molar-refractivity contribution in [3.8, 4) is 33.8 Å². The van der Waals surface area contributed by atoms with Gasteiger partial charge in [-0.05, 0) is 66.4 Å². The third-order valence-corrected chi connectivity index (χ3v) is 7.72. The average Bonchev–Trinajstić information content (AvgIpc) is 3.65. The normalized spacial score (nSPS) is 11.0. The van der Waals surface area contributed by atoms with E-state index >= 15 is 0 Å². The third-order valence-electron chi connectivity index (χ3n) is 6.96. The molecule has 7 nitrogen and oxygen atoms in total. The maximum atomic E-state index is 11.3.